The molecule has 1 saturated heterocycles. The van der Waals surface area contributed by atoms with Gasteiger partial charge in [-0.05, 0) is 18.9 Å². The van der Waals surface area contributed by atoms with Crippen molar-refractivity contribution in [1.29, 1.82) is 0 Å². The first-order chi connectivity index (χ1) is 12.1. The SMILES string of the molecule is CC(c1ccccc1)N1C(=O)NC(CCC(=O)Nc2nccs2)C1=O. The number of nitrogens with one attached hydrogen (secondary N) is 2. The first-order valence-electron chi connectivity index (χ1n) is 7.94. The number of aromatic nitrogens is 1. The number of anilines is 1. The Morgan fingerprint density at radius 2 is 2.12 bits per heavy atom. The Balaban J connectivity index is 1.58. The molecule has 1 aliphatic heterocycles. The van der Waals surface area contributed by atoms with Crippen molar-refractivity contribution in [3.8, 4) is 0 Å². The number of urea groups is 1. The molecule has 2 aromatic rings. The van der Waals surface area contributed by atoms with Crippen LogP contribution >= 0.6 is 11.3 Å². The maximum Gasteiger partial charge on any atom is 0.325 e. The van der Waals surface area contributed by atoms with Crippen molar-refractivity contribution >= 4 is 34.3 Å². The van der Waals surface area contributed by atoms with Crippen LogP contribution in [0, 0.1) is 0 Å². The highest BCUT2D eigenvalue weighted by Crippen LogP contribution is 2.25. The molecular formula is C17H18N4O3S. The van der Waals surface area contributed by atoms with Crippen LogP contribution in [0.15, 0.2) is 41.9 Å². The van der Waals surface area contributed by atoms with E-state index < -0.39 is 12.1 Å². The average Bonchev–Trinajstić information content (AvgIpc) is 3.21. The zero-order valence-electron chi connectivity index (χ0n) is 13.6. The van der Waals surface area contributed by atoms with E-state index in [0.29, 0.717) is 5.13 Å². The van der Waals surface area contributed by atoms with E-state index >= 15 is 0 Å². The molecule has 2 N–H and O–H groups in total. The summed E-state index contributed by atoms with van der Waals surface area (Å²) < 4.78 is 0. The summed E-state index contributed by atoms with van der Waals surface area (Å²) >= 11 is 1.32. The minimum atomic E-state index is -0.680. The maximum atomic E-state index is 12.6. The monoisotopic (exact) mass is 358 g/mol. The Hall–Kier alpha value is -2.74. The minimum Gasteiger partial charge on any atom is -0.326 e. The van der Waals surface area contributed by atoms with Gasteiger partial charge in [0.25, 0.3) is 5.91 Å². The number of carbonyl (C=O) groups is 3. The van der Waals surface area contributed by atoms with Crippen LogP contribution in [0.4, 0.5) is 9.93 Å². The molecule has 130 valence electrons. The fourth-order valence-electron chi connectivity index (χ4n) is 2.73. The first-order valence-corrected chi connectivity index (χ1v) is 8.82. The molecule has 1 aromatic carbocycles. The molecule has 8 heteroatoms. The number of hydrogen-bond acceptors (Lipinski definition) is 5. The molecule has 4 amide bonds. The maximum absolute atomic E-state index is 12.6. The largest absolute Gasteiger partial charge is 0.326 e. The van der Waals surface area contributed by atoms with E-state index in [2.05, 4.69) is 15.6 Å². The lowest BCUT2D eigenvalue weighted by Gasteiger charge is -2.21. The van der Waals surface area contributed by atoms with Crippen LogP contribution in [0.1, 0.15) is 31.4 Å². The topological polar surface area (TPSA) is 91.4 Å². The fourth-order valence-corrected chi connectivity index (χ4v) is 3.28. The molecule has 0 bridgehead atoms. The Morgan fingerprint density at radius 3 is 2.80 bits per heavy atom. The van der Waals surface area contributed by atoms with Crippen molar-refractivity contribution in [1.82, 2.24) is 15.2 Å². The van der Waals surface area contributed by atoms with Gasteiger partial charge in [-0.2, -0.15) is 0 Å². The Bertz CT molecular complexity index is 763. The third-order valence-electron chi connectivity index (χ3n) is 4.06. The quantitative estimate of drug-likeness (QED) is 0.776. The van der Waals surface area contributed by atoms with Crippen molar-refractivity contribution in [3.05, 3.63) is 47.5 Å². The Labute approximate surface area is 149 Å². The second-order valence-electron chi connectivity index (χ2n) is 5.72. The average molecular weight is 358 g/mol. The van der Waals surface area contributed by atoms with E-state index in [9.17, 15) is 14.4 Å². The van der Waals surface area contributed by atoms with Crippen molar-refractivity contribution < 1.29 is 14.4 Å². The lowest BCUT2D eigenvalue weighted by atomic mass is 10.1. The summed E-state index contributed by atoms with van der Waals surface area (Å²) in [6.07, 6.45) is 1.98. The third-order valence-corrected chi connectivity index (χ3v) is 4.75. The van der Waals surface area contributed by atoms with E-state index in [1.165, 1.54) is 16.2 Å². The summed E-state index contributed by atoms with van der Waals surface area (Å²) in [7, 11) is 0. The molecule has 0 aliphatic carbocycles. The van der Waals surface area contributed by atoms with Crippen molar-refractivity contribution in [2.75, 3.05) is 5.32 Å². The van der Waals surface area contributed by atoms with Crippen LogP contribution in [0.2, 0.25) is 0 Å². The van der Waals surface area contributed by atoms with Crippen LogP contribution in [0.5, 0.6) is 0 Å². The lowest BCUT2D eigenvalue weighted by Crippen LogP contribution is -2.34. The molecule has 0 spiro atoms. The smallest absolute Gasteiger partial charge is 0.325 e. The van der Waals surface area contributed by atoms with Crippen molar-refractivity contribution in [2.24, 2.45) is 0 Å². The molecule has 7 nitrogen and oxygen atoms in total. The molecule has 3 rings (SSSR count). The summed E-state index contributed by atoms with van der Waals surface area (Å²) in [4.78, 5) is 41.9. The van der Waals surface area contributed by atoms with Crippen molar-refractivity contribution in [2.45, 2.75) is 31.8 Å². The molecule has 2 heterocycles. The highest BCUT2D eigenvalue weighted by molar-refractivity contribution is 7.13. The predicted molar refractivity (Wildman–Crippen MR) is 94.0 cm³/mol. The van der Waals surface area contributed by atoms with Crippen LogP contribution in [0.25, 0.3) is 0 Å². The molecule has 0 radical (unpaired) electrons. The Morgan fingerprint density at radius 1 is 1.36 bits per heavy atom. The van der Waals surface area contributed by atoms with Gasteiger partial charge in [-0.3, -0.25) is 14.5 Å². The van der Waals surface area contributed by atoms with Crippen LogP contribution in [0.3, 0.4) is 0 Å². The standard InChI is InChI=1S/C17H18N4O3S/c1-11(12-5-3-2-4-6-12)21-15(23)13(19-17(21)24)7-8-14(22)20-16-18-9-10-25-16/h2-6,9-11,13H,7-8H2,1H3,(H,19,24)(H,18,20,22). The Kier molecular flexibility index (Phi) is 5.08. The van der Waals surface area contributed by atoms with E-state index in [0.717, 1.165) is 5.56 Å². The van der Waals surface area contributed by atoms with Gasteiger partial charge in [0.1, 0.15) is 6.04 Å². The highest BCUT2D eigenvalue weighted by atomic mass is 32.1. The summed E-state index contributed by atoms with van der Waals surface area (Å²) in [5.74, 6) is -0.532. The van der Waals surface area contributed by atoms with Gasteiger partial charge in [0.05, 0.1) is 6.04 Å². The number of amides is 4. The number of thiazole rings is 1. The summed E-state index contributed by atoms with van der Waals surface area (Å²) in [6, 6.07) is 7.90. The molecule has 1 fully saturated rings. The van der Waals surface area contributed by atoms with Crippen LogP contribution < -0.4 is 10.6 Å². The first kappa shape index (κ1) is 17.1. The minimum absolute atomic E-state index is 0.129. The second kappa shape index (κ2) is 7.43. The van der Waals surface area contributed by atoms with Gasteiger partial charge in [0, 0.05) is 18.0 Å². The second-order valence-corrected chi connectivity index (χ2v) is 6.62. The van der Waals surface area contributed by atoms with Gasteiger partial charge in [-0.1, -0.05) is 30.3 Å². The summed E-state index contributed by atoms with van der Waals surface area (Å²) in [5, 5.41) is 7.61. The molecule has 1 aromatic heterocycles. The third kappa shape index (κ3) is 3.85. The normalized spacial score (nSPS) is 18.1. The molecule has 25 heavy (non-hydrogen) atoms. The fraction of sp³-hybridized carbons (Fsp3) is 0.294. The van der Waals surface area contributed by atoms with Gasteiger partial charge in [0.2, 0.25) is 5.91 Å². The predicted octanol–water partition coefficient (Wildman–Crippen LogP) is 2.54. The molecule has 2 unspecified atom stereocenters. The van der Waals surface area contributed by atoms with Gasteiger partial charge in [-0.15, -0.1) is 11.3 Å². The van der Waals surface area contributed by atoms with Gasteiger partial charge in [0.15, 0.2) is 5.13 Å². The molecule has 2 atom stereocenters. The van der Waals surface area contributed by atoms with Gasteiger partial charge >= 0.3 is 6.03 Å². The number of nitrogens with zero attached hydrogens (tertiary/aromatic N) is 2. The van der Waals surface area contributed by atoms with Gasteiger partial charge in [-0.25, -0.2) is 9.78 Å². The van der Waals surface area contributed by atoms with E-state index in [1.807, 2.05) is 37.3 Å². The van der Waals surface area contributed by atoms with E-state index in [1.54, 1.807) is 11.6 Å². The number of rotatable bonds is 6. The van der Waals surface area contributed by atoms with Crippen LogP contribution in [-0.2, 0) is 9.59 Å². The number of benzene rings is 1. The lowest BCUT2D eigenvalue weighted by molar-refractivity contribution is -0.129. The number of imide groups is 1. The zero-order valence-corrected chi connectivity index (χ0v) is 14.5. The summed E-state index contributed by atoms with van der Waals surface area (Å²) in [6.45, 7) is 1.81. The number of hydrogen-bond donors (Lipinski definition) is 2. The highest BCUT2D eigenvalue weighted by Gasteiger charge is 2.40. The van der Waals surface area contributed by atoms with E-state index in [4.69, 9.17) is 0 Å². The molecule has 1 aliphatic rings. The van der Waals surface area contributed by atoms with Gasteiger partial charge < -0.3 is 10.6 Å². The van der Waals surface area contributed by atoms with Crippen LogP contribution in [-0.4, -0.2) is 33.8 Å². The summed E-state index contributed by atoms with van der Waals surface area (Å²) in [5.41, 5.74) is 0.883. The van der Waals surface area contributed by atoms with Crippen molar-refractivity contribution in [3.63, 3.8) is 0 Å². The molecule has 0 saturated carbocycles. The number of carbonyl (C=O) groups excluding carboxylic acids is 3. The van der Waals surface area contributed by atoms with E-state index in [-0.39, 0.29) is 30.7 Å². The zero-order chi connectivity index (χ0) is 17.8. The molecular weight excluding hydrogens is 340 g/mol.